The molecular weight excluding hydrogens is 365 g/mol. The van der Waals surface area contributed by atoms with Crippen LogP contribution >= 0.6 is 0 Å². The van der Waals surface area contributed by atoms with E-state index in [1.807, 2.05) is 12.1 Å². The van der Waals surface area contributed by atoms with Gasteiger partial charge in [-0.1, -0.05) is 66.2 Å². The minimum atomic E-state index is -0.788. The van der Waals surface area contributed by atoms with Crippen molar-refractivity contribution in [2.45, 2.75) is 32.9 Å². The zero-order chi connectivity index (χ0) is 20.6. The van der Waals surface area contributed by atoms with E-state index in [9.17, 15) is 9.18 Å². The Morgan fingerprint density at radius 2 is 1.48 bits per heavy atom. The predicted octanol–water partition coefficient (Wildman–Crippen LogP) is 5.20. The van der Waals surface area contributed by atoms with Gasteiger partial charge in [0, 0.05) is 19.6 Å². The van der Waals surface area contributed by atoms with Crippen LogP contribution in [0.25, 0.3) is 0 Å². The molecule has 0 unspecified atom stereocenters. The van der Waals surface area contributed by atoms with Crippen LogP contribution in [0, 0.1) is 12.7 Å². The van der Waals surface area contributed by atoms with E-state index < -0.39 is 5.97 Å². The highest BCUT2D eigenvalue weighted by atomic mass is 19.1. The molecule has 0 aliphatic carbocycles. The number of rotatable bonds is 9. The molecule has 0 heterocycles. The van der Waals surface area contributed by atoms with Crippen molar-refractivity contribution in [3.05, 3.63) is 106 Å². The Morgan fingerprint density at radius 1 is 0.862 bits per heavy atom. The van der Waals surface area contributed by atoms with Crippen molar-refractivity contribution in [2.75, 3.05) is 6.54 Å². The number of hydrogen-bond acceptors (Lipinski definition) is 2. The Bertz CT molecular complexity index is 953. The van der Waals surface area contributed by atoms with Gasteiger partial charge in [-0.15, -0.1) is 0 Å². The zero-order valence-electron chi connectivity index (χ0n) is 16.6. The van der Waals surface area contributed by atoms with Gasteiger partial charge >= 0.3 is 5.97 Å². The first-order chi connectivity index (χ1) is 14.0. The van der Waals surface area contributed by atoms with E-state index >= 15 is 0 Å². The number of carboxylic acid groups (broad SMARTS) is 1. The molecule has 3 aromatic rings. The number of hydrogen-bond donors (Lipinski definition) is 1. The molecule has 0 atom stereocenters. The first-order valence-corrected chi connectivity index (χ1v) is 9.80. The fourth-order valence-corrected chi connectivity index (χ4v) is 3.47. The van der Waals surface area contributed by atoms with E-state index in [1.54, 1.807) is 12.1 Å². The van der Waals surface area contributed by atoms with Crippen molar-refractivity contribution in [1.82, 2.24) is 4.90 Å². The van der Waals surface area contributed by atoms with Crippen LogP contribution in [-0.4, -0.2) is 22.5 Å². The van der Waals surface area contributed by atoms with Crippen LogP contribution in [-0.2, 0) is 24.3 Å². The van der Waals surface area contributed by atoms with Gasteiger partial charge in [-0.25, -0.2) is 4.39 Å². The topological polar surface area (TPSA) is 40.5 Å². The third-order valence-electron chi connectivity index (χ3n) is 4.85. The van der Waals surface area contributed by atoms with Crippen LogP contribution in [0.2, 0.25) is 0 Å². The highest BCUT2D eigenvalue weighted by molar-refractivity contribution is 5.66. The van der Waals surface area contributed by atoms with Crippen LogP contribution in [0.1, 0.15) is 34.2 Å². The van der Waals surface area contributed by atoms with Crippen LogP contribution in [0.3, 0.4) is 0 Å². The lowest BCUT2D eigenvalue weighted by Crippen LogP contribution is -2.25. The molecule has 0 radical (unpaired) electrons. The third-order valence-corrected chi connectivity index (χ3v) is 4.85. The largest absolute Gasteiger partial charge is 0.481 e. The molecule has 3 aromatic carbocycles. The monoisotopic (exact) mass is 391 g/mol. The predicted molar refractivity (Wildman–Crippen MR) is 113 cm³/mol. The number of carboxylic acids is 1. The van der Waals surface area contributed by atoms with Gasteiger partial charge in [0.25, 0.3) is 0 Å². The summed E-state index contributed by atoms with van der Waals surface area (Å²) in [6, 6.07) is 23.2. The minimum Gasteiger partial charge on any atom is -0.481 e. The van der Waals surface area contributed by atoms with Crippen molar-refractivity contribution in [3.63, 3.8) is 0 Å². The fraction of sp³-hybridized carbons (Fsp3) is 0.240. The minimum absolute atomic E-state index is 0.112. The molecule has 0 saturated carbocycles. The summed E-state index contributed by atoms with van der Waals surface area (Å²) in [5, 5.41) is 9.11. The van der Waals surface area contributed by atoms with Crippen molar-refractivity contribution < 1.29 is 14.3 Å². The maximum Gasteiger partial charge on any atom is 0.304 e. The summed E-state index contributed by atoms with van der Waals surface area (Å²) in [5.41, 5.74) is 5.73. The van der Waals surface area contributed by atoms with Gasteiger partial charge in [0.15, 0.2) is 0 Å². The molecule has 0 aliphatic heterocycles. The number of nitrogens with zero attached hydrogens (tertiary/aromatic N) is 1. The summed E-state index contributed by atoms with van der Waals surface area (Å²) in [6.45, 7) is 3.94. The van der Waals surface area contributed by atoms with Crippen molar-refractivity contribution in [3.8, 4) is 0 Å². The number of benzene rings is 3. The molecule has 0 bridgehead atoms. The zero-order valence-corrected chi connectivity index (χ0v) is 16.6. The molecular formula is C25H26FNO2. The molecule has 0 amide bonds. The molecule has 0 fully saturated rings. The maximum atomic E-state index is 13.1. The van der Waals surface area contributed by atoms with Crippen molar-refractivity contribution in [2.24, 2.45) is 0 Å². The van der Waals surface area contributed by atoms with Gasteiger partial charge in [0.1, 0.15) is 5.82 Å². The number of carbonyl (C=O) groups is 1. The van der Waals surface area contributed by atoms with Gasteiger partial charge in [0.05, 0.1) is 6.42 Å². The average Bonchev–Trinajstić information content (AvgIpc) is 2.68. The number of aryl methyl sites for hydroxylation is 1. The van der Waals surface area contributed by atoms with Crippen LogP contribution < -0.4 is 0 Å². The van der Waals surface area contributed by atoms with E-state index in [0.717, 1.165) is 23.1 Å². The summed E-state index contributed by atoms with van der Waals surface area (Å²) in [5.74, 6) is -1.02. The molecule has 3 nitrogen and oxygen atoms in total. The van der Waals surface area contributed by atoms with Gasteiger partial charge in [-0.2, -0.15) is 0 Å². The lowest BCUT2D eigenvalue weighted by molar-refractivity contribution is -0.137. The standard InChI is InChI=1S/C25H26FNO2/c1-19-4-2-6-22(14-19)17-27(13-12-25(28)29)18-23-7-3-5-21(16-23)15-20-8-10-24(26)11-9-20/h2-11,14,16H,12-13,15,17-18H2,1H3,(H,28,29). The molecule has 4 heteroatoms. The highest BCUT2D eigenvalue weighted by Gasteiger charge is 2.10. The Kier molecular flexibility index (Phi) is 7.14. The molecule has 0 spiro atoms. The van der Waals surface area contributed by atoms with E-state index in [4.69, 9.17) is 5.11 Å². The van der Waals surface area contributed by atoms with Crippen LogP contribution in [0.15, 0.2) is 72.8 Å². The summed E-state index contributed by atoms with van der Waals surface area (Å²) in [4.78, 5) is 13.3. The normalized spacial score (nSPS) is 11.0. The molecule has 29 heavy (non-hydrogen) atoms. The fourth-order valence-electron chi connectivity index (χ4n) is 3.47. The first-order valence-electron chi connectivity index (χ1n) is 9.80. The second-order valence-electron chi connectivity index (χ2n) is 7.47. The van der Waals surface area contributed by atoms with Gasteiger partial charge in [0.2, 0.25) is 0 Å². The first kappa shape index (κ1) is 20.7. The average molecular weight is 391 g/mol. The quantitative estimate of drug-likeness (QED) is 0.545. The molecule has 3 rings (SSSR count). The third kappa shape index (κ3) is 6.84. The Morgan fingerprint density at radius 3 is 2.14 bits per heavy atom. The van der Waals surface area contributed by atoms with Gasteiger partial charge in [-0.3, -0.25) is 9.69 Å². The number of aliphatic carboxylic acids is 1. The molecule has 0 aliphatic rings. The van der Waals surface area contributed by atoms with E-state index in [1.165, 1.54) is 23.3 Å². The lowest BCUT2D eigenvalue weighted by atomic mass is 10.0. The van der Waals surface area contributed by atoms with Crippen molar-refractivity contribution in [1.29, 1.82) is 0 Å². The lowest BCUT2D eigenvalue weighted by Gasteiger charge is -2.22. The smallest absolute Gasteiger partial charge is 0.304 e. The number of halogens is 1. The summed E-state index contributed by atoms with van der Waals surface area (Å²) >= 11 is 0. The SMILES string of the molecule is Cc1cccc(CN(CCC(=O)O)Cc2cccc(Cc3ccc(F)cc3)c2)c1. The van der Waals surface area contributed by atoms with E-state index in [2.05, 4.69) is 48.2 Å². The molecule has 150 valence electrons. The van der Waals surface area contributed by atoms with Crippen LogP contribution in [0.4, 0.5) is 4.39 Å². The van der Waals surface area contributed by atoms with E-state index in [0.29, 0.717) is 19.6 Å². The summed E-state index contributed by atoms with van der Waals surface area (Å²) < 4.78 is 13.1. The maximum absolute atomic E-state index is 13.1. The molecule has 0 aromatic heterocycles. The van der Waals surface area contributed by atoms with Crippen LogP contribution in [0.5, 0.6) is 0 Å². The van der Waals surface area contributed by atoms with Gasteiger partial charge < -0.3 is 5.11 Å². The second kappa shape index (κ2) is 9.99. The summed E-state index contributed by atoms with van der Waals surface area (Å²) in [6.07, 6.45) is 0.849. The Hall–Kier alpha value is -2.98. The van der Waals surface area contributed by atoms with E-state index in [-0.39, 0.29) is 12.2 Å². The summed E-state index contributed by atoms with van der Waals surface area (Å²) in [7, 11) is 0. The van der Waals surface area contributed by atoms with Gasteiger partial charge in [-0.05, 0) is 47.7 Å². The Balaban J connectivity index is 1.72. The highest BCUT2D eigenvalue weighted by Crippen LogP contribution is 2.16. The molecule has 1 N–H and O–H groups in total. The van der Waals surface area contributed by atoms with Crippen molar-refractivity contribution >= 4 is 5.97 Å². The molecule has 0 saturated heterocycles. The second-order valence-corrected chi connectivity index (χ2v) is 7.47. The Labute approximate surface area is 171 Å².